The average Bonchev–Trinajstić information content (AvgIpc) is 2.93. The van der Waals surface area contributed by atoms with E-state index in [1.165, 1.54) is 36.5 Å². The average molecular weight is 571 g/mol. The van der Waals surface area contributed by atoms with Crippen LogP contribution in [0.15, 0.2) is 70.7 Å². The third-order valence-electron chi connectivity index (χ3n) is 5.82. The highest BCUT2D eigenvalue weighted by Gasteiger charge is 2.24. The molecule has 3 aromatic rings. The van der Waals surface area contributed by atoms with Crippen molar-refractivity contribution in [3.63, 3.8) is 0 Å². The Hall–Kier alpha value is -5.09. The molecule has 0 spiro atoms. The molecule has 1 aliphatic heterocycles. The molecule has 0 saturated carbocycles. The Morgan fingerprint density at radius 1 is 0.975 bits per heavy atom. The van der Waals surface area contributed by atoms with E-state index in [1.54, 1.807) is 12.1 Å². The van der Waals surface area contributed by atoms with E-state index < -0.39 is 36.4 Å². The number of carbonyl (C=O) groups is 1. The zero-order valence-electron chi connectivity index (χ0n) is 20.6. The van der Waals surface area contributed by atoms with Crippen molar-refractivity contribution in [3.05, 3.63) is 92.0 Å². The number of morpholine rings is 1. The van der Waals surface area contributed by atoms with Gasteiger partial charge in [0.15, 0.2) is 0 Å². The number of benzene rings is 3. The summed E-state index contributed by atoms with van der Waals surface area (Å²) in [6.45, 7) is 1.92. The third kappa shape index (κ3) is 6.30. The lowest BCUT2D eigenvalue weighted by Crippen LogP contribution is -2.36. The summed E-state index contributed by atoms with van der Waals surface area (Å²) in [5, 5.41) is 36.5. The van der Waals surface area contributed by atoms with E-state index >= 15 is 0 Å². The normalized spacial score (nSPS) is 13.7. The Morgan fingerprint density at radius 2 is 1.68 bits per heavy atom. The molecule has 0 amide bonds. The predicted octanol–water partition coefficient (Wildman–Crippen LogP) is 3.28. The quantitative estimate of drug-likeness (QED) is 0.183. The number of hydrazone groups is 1. The second-order valence-electron chi connectivity index (χ2n) is 8.37. The highest BCUT2D eigenvalue weighted by Crippen LogP contribution is 2.31. The first-order valence-corrected chi connectivity index (χ1v) is 13.1. The van der Waals surface area contributed by atoms with Crippen molar-refractivity contribution in [2.24, 2.45) is 5.10 Å². The lowest BCUT2D eigenvalue weighted by Gasteiger charge is -2.28. The van der Waals surface area contributed by atoms with Gasteiger partial charge in [-0.25, -0.2) is 13.2 Å². The van der Waals surface area contributed by atoms with Crippen LogP contribution >= 0.6 is 0 Å². The minimum Gasteiger partial charge on any atom is -0.478 e. The standard InChI is InChI=1S/C24H22N6O9S/c31-24(32)18-3-1-2-4-19(18)27-40(37,38)17-6-7-20(22(14-17)29(33)34)26-25-15-16-5-8-21(23(13-16)30(35)36)28-9-11-39-12-10-28/h1-8,13-15,26-27H,9-12H2,(H,31,32). The summed E-state index contributed by atoms with van der Waals surface area (Å²) in [6.07, 6.45) is 1.23. The largest absolute Gasteiger partial charge is 0.478 e. The monoisotopic (exact) mass is 570 g/mol. The molecule has 3 N–H and O–H groups in total. The van der Waals surface area contributed by atoms with Crippen LogP contribution in [0, 0.1) is 20.2 Å². The van der Waals surface area contributed by atoms with Crippen molar-refractivity contribution in [2.75, 3.05) is 41.4 Å². The fourth-order valence-electron chi connectivity index (χ4n) is 3.90. The molecule has 0 radical (unpaired) electrons. The minimum absolute atomic E-state index is 0.136. The Balaban J connectivity index is 1.55. The van der Waals surface area contributed by atoms with E-state index in [-0.39, 0.29) is 22.6 Å². The lowest BCUT2D eigenvalue weighted by molar-refractivity contribution is -0.384. The van der Waals surface area contributed by atoms with Crippen molar-refractivity contribution in [3.8, 4) is 0 Å². The number of hydrogen-bond donors (Lipinski definition) is 3. The van der Waals surface area contributed by atoms with E-state index in [0.717, 1.165) is 18.2 Å². The number of carboxylic acids is 1. The fourth-order valence-corrected chi connectivity index (χ4v) is 5.00. The number of nitrogens with one attached hydrogen (secondary N) is 2. The highest BCUT2D eigenvalue weighted by atomic mass is 32.2. The minimum atomic E-state index is -4.39. The van der Waals surface area contributed by atoms with Crippen molar-refractivity contribution in [2.45, 2.75) is 4.90 Å². The smallest absolute Gasteiger partial charge is 0.337 e. The zero-order valence-corrected chi connectivity index (χ0v) is 21.4. The number of rotatable bonds is 10. The summed E-state index contributed by atoms with van der Waals surface area (Å²) < 4.78 is 33.1. The summed E-state index contributed by atoms with van der Waals surface area (Å²) in [4.78, 5) is 34.7. The van der Waals surface area contributed by atoms with Gasteiger partial charge >= 0.3 is 5.97 Å². The van der Waals surface area contributed by atoms with E-state index in [4.69, 9.17) is 4.74 Å². The maximum absolute atomic E-state index is 12.8. The maximum Gasteiger partial charge on any atom is 0.337 e. The molecule has 15 nitrogen and oxygen atoms in total. The Kier molecular flexibility index (Phi) is 8.20. The molecule has 0 unspecified atom stereocenters. The van der Waals surface area contributed by atoms with E-state index in [1.807, 2.05) is 4.90 Å². The van der Waals surface area contributed by atoms with Crippen LogP contribution in [0.1, 0.15) is 15.9 Å². The van der Waals surface area contributed by atoms with Crippen LogP contribution in [0.5, 0.6) is 0 Å². The molecule has 0 bridgehead atoms. The first kappa shape index (κ1) is 27.9. The van der Waals surface area contributed by atoms with Gasteiger partial charge < -0.3 is 14.7 Å². The number of anilines is 3. The summed E-state index contributed by atoms with van der Waals surface area (Å²) in [5.74, 6) is -1.36. The topological polar surface area (TPSA) is 207 Å². The summed E-state index contributed by atoms with van der Waals surface area (Å²) in [7, 11) is -4.39. The molecular weight excluding hydrogens is 548 g/mol. The number of carboxylic acid groups (broad SMARTS) is 1. The second-order valence-corrected chi connectivity index (χ2v) is 10.0. The van der Waals surface area contributed by atoms with Gasteiger partial charge in [0.2, 0.25) is 0 Å². The first-order chi connectivity index (χ1) is 19.1. The molecule has 40 heavy (non-hydrogen) atoms. The Morgan fingerprint density at radius 3 is 2.35 bits per heavy atom. The van der Waals surface area contributed by atoms with E-state index in [2.05, 4.69) is 15.2 Å². The molecule has 16 heteroatoms. The molecular formula is C24H22N6O9S. The molecule has 1 aliphatic rings. The van der Waals surface area contributed by atoms with Crippen molar-refractivity contribution < 1.29 is 32.9 Å². The van der Waals surface area contributed by atoms with Gasteiger partial charge in [0.05, 0.1) is 45.4 Å². The predicted molar refractivity (Wildman–Crippen MR) is 145 cm³/mol. The van der Waals surface area contributed by atoms with Gasteiger partial charge in [0, 0.05) is 30.8 Å². The van der Waals surface area contributed by atoms with Gasteiger partial charge in [-0.15, -0.1) is 0 Å². The number of nitrogens with zero attached hydrogens (tertiary/aromatic N) is 4. The summed E-state index contributed by atoms with van der Waals surface area (Å²) in [5.41, 5.74) is 1.82. The number of nitro groups is 2. The SMILES string of the molecule is O=C(O)c1ccccc1NS(=O)(=O)c1ccc(NN=Cc2ccc(N3CCOCC3)c([N+](=O)[O-])c2)c([N+](=O)[O-])c1. The molecule has 208 valence electrons. The molecule has 1 heterocycles. The van der Waals surface area contributed by atoms with E-state index in [9.17, 15) is 38.5 Å². The third-order valence-corrected chi connectivity index (χ3v) is 7.19. The molecule has 3 aromatic carbocycles. The van der Waals surface area contributed by atoms with Gasteiger partial charge in [-0.3, -0.25) is 30.4 Å². The second kappa shape index (κ2) is 11.7. The van der Waals surface area contributed by atoms with Gasteiger partial charge in [-0.2, -0.15) is 5.10 Å². The van der Waals surface area contributed by atoms with Crippen LogP contribution in [0.3, 0.4) is 0 Å². The van der Waals surface area contributed by atoms with Gasteiger partial charge in [-0.05, 0) is 30.3 Å². The number of aromatic carboxylic acids is 1. The first-order valence-electron chi connectivity index (χ1n) is 11.6. The van der Waals surface area contributed by atoms with Crippen LogP contribution in [0.4, 0.5) is 28.4 Å². The number of hydrogen-bond acceptors (Lipinski definition) is 11. The summed E-state index contributed by atoms with van der Waals surface area (Å²) >= 11 is 0. The van der Waals surface area contributed by atoms with Crippen LogP contribution in [-0.4, -0.2) is 61.9 Å². The number of ether oxygens (including phenoxy) is 1. The maximum atomic E-state index is 12.8. The molecule has 0 aliphatic carbocycles. The van der Waals surface area contributed by atoms with Crippen LogP contribution < -0.4 is 15.0 Å². The Bertz CT molecular complexity index is 1600. The van der Waals surface area contributed by atoms with Gasteiger partial charge in [0.25, 0.3) is 21.4 Å². The molecule has 0 aromatic heterocycles. The van der Waals surface area contributed by atoms with Crippen molar-refractivity contribution in [1.82, 2.24) is 0 Å². The van der Waals surface area contributed by atoms with Crippen molar-refractivity contribution in [1.29, 1.82) is 0 Å². The summed E-state index contributed by atoms with van der Waals surface area (Å²) in [6, 6.07) is 12.8. The van der Waals surface area contributed by atoms with Crippen LogP contribution in [0.2, 0.25) is 0 Å². The molecule has 0 atom stereocenters. The number of para-hydroxylation sites is 1. The van der Waals surface area contributed by atoms with Crippen molar-refractivity contribution >= 4 is 50.6 Å². The molecule has 4 rings (SSSR count). The van der Waals surface area contributed by atoms with Gasteiger partial charge in [-0.1, -0.05) is 18.2 Å². The zero-order chi connectivity index (χ0) is 28.9. The number of sulfonamides is 1. The Labute approximate surface area is 227 Å². The van der Waals surface area contributed by atoms with Crippen LogP contribution in [-0.2, 0) is 14.8 Å². The molecule has 1 fully saturated rings. The highest BCUT2D eigenvalue weighted by molar-refractivity contribution is 7.92. The van der Waals surface area contributed by atoms with Gasteiger partial charge in [0.1, 0.15) is 11.4 Å². The molecule has 1 saturated heterocycles. The van der Waals surface area contributed by atoms with E-state index in [0.29, 0.717) is 37.6 Å². The number of nitro benzene ring substituents is 2. The lowest BCUT2D eigenvalue weighted by atomic mass is 10.1. The van der Waals surface area contributed by atoms with Crippen LogP contribution in [0.25, 0.3) is 0 Å². The fraction of sp³-hybridized carbons (Fsp3) is 0.167.